The molecule has 0 aromatic heterocycles. The van der Waals surface area contributed by atoms with Crippen LogP contribution in [-0.2, 0) is 9.57 Å². The smallest absolute Gasteiger partial charge is 0.295 e. The Morgan fingerprint density at radius 2 is 2.70 bits per heavy atom. The summed E-state index contributed by atoms with van der Waals surface area (Å²) in [6.07, 6.45) is 0. The Labute approximate surface area is 56.6 Å². The van der Waals surface area contributed by atoms with Gasteiger partial charge in [0.25, 0.3) is 5.09 Å². The van der Waals surface area contributed by atoms with Crippen molar-refractivity contribution in [2.75, 3.05) is 19.8 Å². The van der Waals surface area contributed by atoms with Crippen LogP contribution in [-0.4, -0.2) is 30.7 Å². The van der Waals surface area contributed by atoms with E-state index in [0.29, 0.717) is 19.0 Å². The topological polar surface area (TPSA) is 74.0 Å². The molecule has 0 fully saturated rings. The van der Waals surface area contributed by atoms with Crippen LogP contribution in [0.5, 0.6) is 0 Å². The third kappa shape index (κ3) is 1.88. The summed E-state index contributed by atoms with van der Waals surface area (Å²) in [7, 11) is 0. The molecule has 6 nitrogen and oxygen atoms in total. The fourth-order valence-corrected chi connectivity index (χ4v) is 0.575. The number of rotatable bonds is 3. The van der Waals surface area contributed by atoms with Crippen LogP contribution in [0.3, 0.4) is 0 Å². The maximum absolute atomic E-state index is 9.63. The van der Waals surface area contributed by atoms with Crippen LogP contribution in [0.1, 0.15) is 0 Å². The summed E-state index contributed by atoms with van der Waals surface area (Å²) in [6.45, 7) is 0.889. The molecule has 1 aliphatic rings. The van der Waals surface area contributed by atoms with Gasteiger partial charge in [0.2, 0.25) is 5.90 Å². The zero-order valence-electron chi connectivity index (χ0n) is 5.15. The summed E-state index contributed by atoms with van der Waals surface area (Å²) < 4.78 is 4.82. The first-order chi connectivity index (χ1) is 4.79. The Hall–Kier alpha value is -1.33. The molecule has 0 aromatic rings. The SMILES string of the molecule is O=[N+]([O-])OCC1=NCCO1. The lowest BCUT2D eigenvalue weighted by Gasteiger charge is -1.97. The van der Waals surface area contributed by atoms with Crippen molar-refractivity contribution in [1.82, 2.24) is 0 Å². The lowest BCUT2D eigenvalue weighted by atomic mass is 10.7. The third-order valence-corrected chi connectivity index (χ3v) is 0.942. The van der Waals surface area contributed by atoms with Gasteiger partial charge in [-0.3, -0.25) is 4.99 Å². The Morgan fingerprint density at radius 1 is 1.90 bits per heavy atom. The van der Waals surface area contributed by atoms with Gasteiger partial charge in [-0.25, -0.2) is 0 Å². The van der Waals surface area contributed by atoms with E-state index >= 15 is 0 Å². The molecule has 0 bridgehead atoms. The molecule has 0 aliphatic carbocycles. The molecule has 0 amide bonds. The van der Waals surface area contributed by atoms with E-state index in [9.17, 15) is 10.1 Å². The fourth-order valence-electron chi connectivity index (χ4n) is 0.575. The minimum atomic E-state index is -0.871. The molecule has 0 atom stereocenters. The minimum Gasteiger partial charge on any atom is -0.478 e. The van der Waals surface area contributed by atoms with E-state index in [2.05, 4.69) is 9.83 Å². The van der Waals surface area contributed by atoms with Crippen LogP contribution in [0.4, 0.5) is 0 Å². The summed E-state index contributed by atoms with van der Waals surface area (Å²) in [4.78, 5) is 17.4. The first-order valence-corrected chi connectivity index (χ1v) is 2.72. The van der Waals surface area contributed by atoms with Gasteiger partial charge < -0.3 is 9.57 Å². The molecular weight excluding hydrogens is 140 g/mol. The summed E-state index contributed by atoms with van der Waals surface area (Å²) in [5.41, 5.74) is 0. The van der Waals surface area contributed by atoms with Crippen LogP contribution in [0, 0.1) is 10.1 Å². The number of aliphatic imine (C=N–C) groups is 1. The van der Waals surface area contributed by atoms with E-state index in [1.807, 2.05) is 0 Å². The van der Waals surface area contributed by atoms with Gasteiger partial charge in [0.15, 0.2) is 6.61 Å². The average Bonchev–Trinajstić information content (AvgIpc) is 2.34. The minimum absolute atomic E-state index is 0.174. The van der Waals surface area contributed by atoms with Crippen LogP contribution in [0.15, 0.2) is 4.99 Å². The molecule has 0 spiro atoms. The van der Waals surface area contributed by atoms with E-state index in [-0.39, 0.29) is 6.61 Å². The predicted molar refractivity (Wildman–Crippen MR) is 31.2 cm³/mol. The monoisotopic (exact) mass is 146 g/mol. The van der Waals surface area contributed by atoms with Crippen LogP contribution < -0.4 is 0 Å². The molecule has 1 heterocycles. The predicted octanol–water partition coefficient (Wildman–Crippen LogP) is -0.377. The maximum atomic E-state index is 9.63. The standard InChI is InChI=1S/C4H6N2O4/c7-6(8)10-3-4-5-1-2-9-4/h1-3H2. The van der Waals surface area contributed by atoms with Crippen LogP contribution in [0.2, 0.25) is 0 Å². The molecule has 6 heteroatoms. The highest BCUT2D eigenvalue weighted by atomic mass is 17.0. The van der Waals surface area contributed by atoms with E-state index < -0.39 is 5.09 Å². The largest absolute Gasteiger partial charge is 0.478 e. The molecular formula is C4H6N2O4. The Balaban J connectivity index is 2.19. The molecule has 1 rings (SSSR count). The number of ether oxygens (including phenoxy) is 1. The molecule has 0 aromatic carbocycles. The number of hydrogen-bond acceptors (Lipinski definition) is 5. The van der Waals surface area contributed by atoms with Gasteiger partial charge in [-0.2, -0.15) is 0 Å². The van der Waals surface area contributed by atoms with Crippen molar-refractivity contribution in [1.29, 1.82) is 0 Å². The lowest BCUT2D eigenvalue weighted by Crippen LogP contribution is -2.12. The first-order valence-electron chi connectivity index (χ1n) is 2.72. The van der Waals surface area contributed by atoms with Crippen molar-refractivity contribution >= 4 is 5.90 Å². The highest BCUT2D eigenvalue weighted by molar-refractivity contribution is 5.78. The van der Waals surface area contributed by atoms with Crippen LogP contribution in [0.25, 0.3) is 0 Å². The number of hydrogen-bond donors (Lipinski definition) is 0. The Bertz CT molecular complexity index is 167. The van der Waals surface area contributed by atoms with Gasteiger partial charge in [-0.1, -0.05) is 0 Å². The van der Waals surface area contributed by atoms with Crippen molar-refractivity contribution in [2.45, 2.75) is 0 Å². The van der Waals surface area contributed by atoms with E-state index in [0.717, 1.165) is 0 Å². The second-order valence-electron chi connectivity index (χ2n) is 1.62. The fraction of sp³-hybridized carbons (Fsp3) is 0.750. The molecule has 0 N–H and O–H groups in total. The Morgan fingerprint density at radius 3 is 3.20 bits per heavy atom. The zero-order valence-corrected chi connectivity index (χ0v) is 5.15. The van der Waals surface area contributed by atoms with Gasteiger partial charge in [0.05, 0.1) is 6.54 Å². The maximum Gasteiger partial charge on any atom is 0.295 e. The summed E-state index contributed by atoms with van der Waals surface area (Å²) in [5, 5.41) is 8.76. The lowest BCUT2D eigenvalue weighted by molar-refractivity contribution is -0.754. The van der Waals surface area contributed by atoms with Gasteiger partial charge in [-0.15, -0.1) is 10.1 Å². The summed E-state index contributed by atoms with van der Waals surface area (Å²) in [5.74, 6) is 0.303. The van der Waals surface area contributed by atoms with E-state index in [1.165, 1.54) is 0 Å². The van der Waals surface area contributed by atoms with Crippen molar-refractivity contribution in [3.8, 4) is 0 Å². The molecule has 0 unspecified atom stereocenters. The first kappa shape index (κ1) is 6.79. The normalized spacial score (nSPS) is 15.8. The average molecular weight is 146 g/mol. The molecule has 0 saturated carbocycles. The van der Waals surface area contributed by atoms with Gasteiger partial charge in [0.1, 0.15) is 6.61 Å². The Kier molecular flexibility index (Phi) is 2.03. The van der Waals surface area contributed by atoms with E-state index in [4.69, 9.17) is 4.74 Å². The van der Waals surface area contributed by atoms with Crippen molar-refractivity contribution < 1.29 is 14.7 Å². The van der Waals surface area contributed by atoms with Crippen molar-refractivity contribution in [2.24, 2.45) is 4.99 Å². The number of nitrogens with zero attached hydrogens (tertiary/aromatic N) is 2. The van der Waals surface area contributed by atoms with E-state index in [1.54, 1.807) is 0 Å². The molecule has 56 valence electrons. The summed E-state index contributed by atoms with van der Waals surface area (Å²) in [6, 6.07) is 0. The van der Waals surface area contributed by atoms with Gasteiger partial charge in [-0.05, 0) is 0 Å². The quantitative estimate of drug-likeness (QED) is 0.402. The van der Waals surface area contributed by atoms with Gasteiger partial charge >= 0.3 is 0 Å². The second kappa shape index (κ2) is 3.00. The molecule has 0 radical (unpaired) electrons. The van der Waals surface area contributed by atoms with Gasteiger partial charge in [0, 0.05) is 0 Å². The molecule has 1 aliphatic heterocycles. The van der Waals surface area contributed by atoms with Crippen molar-refractivity contribution in [3.05, 3.63) is 10.1 Å². The van der Waals surface area contributed by atoms with Crippen molar-refractivity contribution in [3.63, 3.8) is 0 Å². The highest BCUT2D eigenvalue weighted by Crippen LogP contribution is 1.93. The highest BCUT2D eigenvalue weighted by Gasteiger charge is 2.08. The second-order valence-corrected chi connectivity index (χ2v) is 1.62. The third-order valence-electron chi connectivity index (χ3n) is 0.942. The summed E-state index contributed by atoms with van der Waals surface area (Å²) >= 11 is 0. The molecule has 0 saturated heterocycles. The zero-order chi connectivity index (χ0) is 7.40. The molecule has 10 heavy (non-hydrogen) atoms. The van der Waals surface area contributed by atoms with Crippen LogP contribution >= 0.6 is 0 Å².